The van der Waals surface area contributed by atoms with E-state index in [1.54, 1.807) is 29.0 Å². The normalized spacial score (nSPS) is 10.7. The lowest BCUT2D eigenvalue weighted by molar-refractivity contribution is -0.144. The molecule has 0 fully saturated rings. The number of rotatable bonds is 10. The molecule has 0 saturated carbocycles. The van der Waals surface area contributed by atoms with Crippen molar-refractivity contribution in [3.63, 3.8) is 0 Å². The van der Waals surface area contributed by atoms with E-state index in [1.165, 1.54) is 79.6 Å². The first-order valence-corrected chi connectivity index (χ1v) is 17.6. The molecule has 4 aromatic heterocycles. The summed E-state index contributed by atoms with van der Waals surface area (Å²) in [6, 6.07) is 15.9. The van der Waals surface area contributed by atoms with E-state index in [0.717, 1.165) is 24.3 Å². The van der Waals surface area contributed by atoms with Gasteiger partial charge in [-0.15, -0.1) is 22.7 Å². The zero-order valence-electron chi connectivity index (χ0n) is 29.4. The molecule has 0 spiro atoms. The van der Waals surface area contributed by atoms with Crippen LogP contribution >= 0.6 is 22.7 Å². The third-order valence-electron chi connectivity index (χ3n) is 6.87. The van der Waals surface area contributed by atoms with E-state index in [0.29, 0.717) is 32.8 Å². The van der Waals surface area contributed by atoms with Crippen LogP contribution in [0.2, 0.25) is 0 Å². The summed E-state index contributed by atoms with van der Waals surface area (Å²) < 4.78 is 103. The smallest absolute Gasteiger partial charge is 0.416 e. The first kappa shape index (κ1) is 46.2. The molecule has 0 atom stereocenters. The van der Waals surface area contributed by atoms with Crippen molar-refractivity contribution in [3.8, 4) is 28.4 Å². The standard InChI is InChI=1S/C18H14F3N3O3S.C15H9F4N3S.C3H6O3.CH4/c1-26-16(25)9-27-15-7-11(5-6-22-15)14-10-28-17(24-14)23-13-4-2-3-12(8-13)18(19,20)21;16-13-6-9(4-5-20-13)12-8-23-14(22-12)21-11-3-1-2-10(7-11)15(17,18)19;1-6-3(5)2-4;/h2-8,10H,9H2,1H3,(H,23,24);1-8H,(H,21,22);4H,2H2,1H3;1H4. The molecule has 6 rings (SSSR count). The summed E-state index contributed by atoms with van der Waals surface area (Å²) >= 11 is 2.45. The van der Waals surface area contributed by atoms with Crippen molar-refractivity contribution in [1.82, 2.24) is 19.9 Å². The zero-order chi connectivity index (χ0) is 41.6. The van der Waals surface area contributed by atoms with Crippen LogP contribution in [0.4, 0.5) is 52.4 Å². The molecule has 12 nitrogen and oxygen atoms in total. The summed E-state index contributed by atoms with van der Waals surface area (Å²) in [5.41, 5.74) is 1.42. The van der Waals surface area contributed by atoms with E-state index < -0.39 is 48.0 Å². The Hall–Kier alpha value is -6.19. The maximum Gasteiger partial charge on any atom is 0.416 e. The molecule has 2 aromatic carbocycles. The van der Waals surface area contributed by atoms with Crippen LogP contribution in [0.5, 0.6) is 5.88 Å². The lowest BCUT2D eigenvalue weighted by Gasteiger charge is -2.09. The van der Waals surface area contributed by atoms with Crippen LogP contribution in [0.25, 0.3) is 22.5 Å². The number of nitrogens with one attached hydrogen (secondary N) is 2. The summed E-state index contributed by atoms with van der Waals surface area (Å²) in [5.74, 6) is -1.53. The van der Waals surface area contributed by atoms with Gasteiger partial charge in [0.15, 0.2) is 16.9 Å². The van der Waals surface area contributed by atoms with Crippen LogP contribution in [0, 0.1) is 5.95 Å². The number of nitrogens with zero attached hydrogens (tertiary/aromatic N) is 4. The van der Waals surface area contributed by atoms with Gasteiger partial charge in [-0.25, -0.2) is 29.5 Å². The number of alkyl halides is 6. The monoisotopic (exact) mass is 854 g/mol. The molecule has 0 aliphatic heterocycles. The third-order valence-corrected chi connectivity index (χ3v) is 8.38. The first-order valence-electron chi connectivity index (χ1n) is 15.8. The van der Waals surface area contributed by atoms with Crippen LogP contribution in [0.1, 0.15) is 18.6 Å². The fourth-order valence-electron chi connectivity index (χ4n) is 4.19. The van der Waals surface area contributed by atoms with E-state index >= 15 is 0 Å². The number of pyridine rings is 2. The Morgan fingerprint density at radius 3 is 1.62 bits per heavy atom. The minimum Gasteiger partial charge on any atom is -0.467 e. The predicted molar refractivity (Wildman–Crippen MR) is 203 cm³/mol. The number of thiazole rings is 2. The maximum atomic E-state index is 13.1. The van der Waals surface area contributed by atoms with Crippen molar-refractivity contribution >= 4 is 56.3 Å². The van der Waals surface area contributed by atoms with Gasteiger partial charge < -0.3 is 30.0 Å². The number of hydrogen-bond acceptors (Lipinski definition) is 14. The molecule has 0 aliphatic rings. The Kier molecular flexibility index (Phi) is 17.0. The molecule has 0 amide bonds. The lowest BCUT2D eigenvalue weighted by atomic mass is 10.2. The van der Waals surface area contributed by atoms with Crippen molar-refractivity contribution in [2.75, 3.05) is 38.1 Å². The molecule has 3 N–H and O–H groups in total. The second kappa shape index (κ2) is 21.4. The molecule has 6 aromatic rings. The summed E-state index contributed by atoms with van der Waals surface area (Å²) in [4.78, 5) is 36.9. The number of benzene rings is 2. The SMILES string of the molecule is C.COC(=O)CO.COC(=O)COc1cc(-c2csc(Nc3cccc(C(F)(F)F)c3)n2)ccn1.Fc1cc(-c2csc(Nc3cccc(C(F)(F)F)c3)n2)ccn1. The number of aliphatic hydroxyl groups excluding tert-OH is 1. The highest BCUT2D eigenvalue weighted by molar-refractivity contribution is 7.14. The molecule has 0 bridgehead atoms. The van der Waals surface area contributed by atoms with E-state index in [4.69, 9.17) is 9.84 Å². The molecule has 58 heavy (non-hydrogen) atoms. The molecule has 0 aliphatic carbocycles. The summed E-state index contributed by atoms with van der Waals surface area (Å²) in [7, 11) is 2.47. The van der Waals surface area contributed by atoms with Gasteiger partial charge in [-0.3, -0.25) is 0 Å². The highest BCUT2D eigenvalue weighted by Gasteiger charge is 2.31. The molecular formula is C37H33F7N6O6S2. The van der Waals surface area contributed by atoms with Crippen LogP contribution in [-0.4, -0.2) is 64.4 Å². The minimum absolute atomic E-state index is 0. The van der Waals surface area contributed by atoms with Crippen molar-refractivity contribution in [3.05, 3.63) is 113 Å². The van der Waals surface area contributed by atoms with Gasteiger partial charge in [0.1, 0.15) is 6.61 Å². The highest BCUT2D eigenvalue weighted by Crippen LogP contribution is 2.34. The Balaban J connectivity index is 0.000000272. The van der Waals surface area contributed by atoms with Crippen LogP contribution in [0.3, 0.4) is 0 Å². The number of carbonyl (C=O) groups is 2. The van der Waals surface area contributed by atoms with E-state index in [1.807, 2.05) is 0 Å². The van der Waals surface area contributed by atoms with Crippen molar-refractivity contribution < 1.29 is 59.6 Å². The number of aliphatic hydroxyl groups is 1. The fraction of sp³-hybridized carbons (Fsp3) is 0.189. The van der Waals surface area contributed by atoms with Gasteiger partial charge >= 0.3 is 24.3 Å². The van der Waals surface area contributed by atoms with E-state index in [2.05, 4.69) is 40.0 Å². The second-order valence-electron chi connectivity index (χ2n) is 10.8. The topological polar surface area (TPSA) is 158 Å². The Morgan fingerprint density at radius 2 is 1.19 bits per heavy atom. The Labute approximate surface area is 334 Å². The summed E-state index contributed by atoms with van der Waals surface area (Å²) in [5, 5.41) is 17.8. The first-order chi connectivity index (χ1) is 27.1. The molecule has 308 valence electrons. The predicted octanol–water partition coefficient (Wildman–Crippen LogP) is 9.41. The van der Waals surface area contributed by atoms with Gasteiger partial charge in [0.2, 0.25) is 11.8 Å². The third kappa shape index (κ3) is 14.4. The number of anilines is 4. The molecule has 21 heteroatoms. The molecule has 0 saturated heterocycles. The van der Waals surface area contributed by atoms with Crippen molar-refractivity contribution in [2.45, 2.75) is 19.8 Å². The van der Waals surface area contributed by atoms with Crippen molar-refractivity contribution in [2.24, 2.45) is 0 Å². The summed E-state index contributed by atoms with van der Waals surface area (Å²) in [6.07, 6.45) is -5.99. The number of halogens is 7. The summed E-state index contributed by atoms with van der Waals surface area (Å²) in [6.45, 7) is -0.803. The van der Waals surface area contributed by atoms with Gasteiger partial charge in [0.05, 0.1) is 36.7 Å². The van der Waals surface area contributed by atoms with Crippen LogP contribution in [0.15, 0.2) is 96.0 Å². The van der Waals surface area contributed by atoms with Gasteiger partial charge in [0, 0.05) is 57.8 Å². The Bertz CT molecular complexity index is 2250. The molecule has 0 radical (unpaired) electrons. The van der Waals surface area contributed by atoms with Crippen molar-refractivity contribution in [1.29, 1.82) is 0 Å². The zero-order valence-corrected chi connectivity index (χ0v) is 31.0. The molecular weight excluding hydrogens is 822 g/mol. The Morgan fingerprint density at radius 1 is 0.707 bits per heavy atom. The quantitative estimate of drug-likeness (QED) is 0.0682. The molecule has 0 unspecified atom stereocenters. The minimum atomic E-state index is -4.41. The number of hydrogen-bond donors (Lipinski definition) is 3. The van der Waals surface area contributed by atoms with E-state index in [-0.39, 0.29) is 31.3 Å². The number of ether oxygens (including phenoxy) is 3. The van der Waals surface area contributed by atoms with Crippen LogP contribution < -0.4 is 15.4 Å². The van der Waals surface area contributed by atoms with Gasteiger partial charge in [-0.1, -0.05) is 19.6 Å². The average Bonchev–Trinajstić information content (AvgIpc) is 3.87. The lowest BCUT2D eigenvalue weighted by Crippen LogP contribution is -2.13. The largest absolute Gasteiger partial charge is 0.467 e. The maximum absolute atomic E-state index is 13.1. The number of methoxy groups -OCH3 is 2. The van der Waals surface area contributed by atoms with Gasteiger partial charge in [-0.05, 0) is 48.5 Å². The number of carbonyl (C=O) groups excluding carboxylic acids is 2. The average molecular weight is 855 g/mol. The number of esters is 2. The molecule has 4 heterocycles. The number of aromatic nitrogens is 4. The van der Waals surface area contributed by atoms with Crippen LogP contribution in [-0.2, 0) is 31.4 Å². The van der Waals surface area contributed by atoms with E-state index in [9.17, 15) is 40.3 Å². The van der Waals surface area contributed by atoms with Gasteiger partial charge in [-0.2, -0.15) is 30.7 Å². The fourth-order valence-corrected chi connectivity index (χ4v) is 5.67. The second-order valence-corrected chi connectivity index (χ2v) is 12.5. The highest BCUT2D eigenvalue weighted by atomic mass is 32.1. The van der Waals surface area contributed by atoms with Gasteiger partial charge in [0.25, 0.3) is 0 Å².